The Kier molecular flexibility index (Phi) is 6.62. The monoisotopic (exact) mass is 455 g/mol. The molecular formula is C24H29N3O4S. The van der Waals surface area contributed by atoms with Crippen molar-refractivity contribution in [2.75, 3.05) is 31.1 Å². The summed E-state index contributed by atoms with van der Waals surface area (Å²) in [5.74, 6) is -0.886. The van der Waals surface area contributed by atoms with Crippen molar-refractivity contribution in [3.63, 3.8) is 0 Å². The zero-order valence-electron chi connectivity index (χ0n) is 18.3. The molecule has 2 aliphatic heterocycles. The molecule has 2 aliphatic rings. The van der Waals surface area contributed by atoms with Gasteiger partial charge in [0.2, 0.25) is 21.8 Å². The van der Waals surface area contributed by atoms with E-state index >= 15 is 0 Å². The minimum atomic E-state index is -3.65. The maximum atomic E-state index is 13.0. The summed E-state index contributed by atoms with van der Waals surface area (Å²) in [4.78, 5) is 27.5. The van der Waals surface area contributed by atoms with Crippen LogP contribution in [0.15, 0.2) is 53.4 Å². The number of hydrogen-bond acceptors (Lipinski definition) is 4. The number of fused-ring (bicyclic) bond motifs is 1. The fraction of sp³-hybridized carbons (Fsp3) is 0.417. The summed E-state index contributed by atoms with van der Waals surface area (Å²) in [5, 5.41) is 2.75. The molecule has 8 heteroatoms. The summed E-state index contributed by atoms with van der Waals surface area (Å²) >= 11 is 0. The first kappa shape index (κ1) is 22.5. The van der Waals surface area contributed by atoms with Gasteiger partial charge in [0.05, 0.1) is 17.4 Å². The van der Waals surface area contributed by atoms with Gasteiger partial charge < -0.3 is 10.2 Å². The summed E-state index contributed by atoms with van der Waals surface area (Å²) in [5.41, 5.74) is 3.04. The van der Waals surface area contributed by atoms with E-state index in [9.17, 15) is 18.0 Å². The van der Waals surface area contributed by atoms with Gasteiger partial charge in [0.25, 0.3) is 0 Å². The first-order chi connectivity index (χ1) is 15.4. The smallest absolute Gasteiger partial charge is 0.246 e. The van der Waals surface area contributed by atoms with Crippen molar-refractivity contribution in [1.29, 1.82) is 0 Å². The molecule has 2 amide bonds. The topological polar surface area (TPSA) is 86.8 Å². The van der Waals surface area contributed by atoms with Gasteiger partial charge in [-0.05, 0) is 56.4 Å². The summed E-state index contributed by atoms with van der Waals surface area (Å²) in [6.07, 6.45) is 3.05. The number of para-hydroxylation sites is 1. The van der Waals surface area contributed by atoms with Gasteiger partial charge in [0.1, 0.15) is 0 Å². The van der Waals surface area contributed by atoms with Crippen molar-refractivity contribution in [3.05, 3.63) is 59.7 Å². The second-order valence-electron chi connectivity index (χ2n) is 8.51. The molecule has 0 bridgehead atoms. The zero-order valence-corrected chi connectivity index (χ0v) is 19.1. The van der Waals surface area contributed by atoms with E-state index in [2.05, 4.69) is 5.32 Å². The molecule has 0 spiro atoms. The maximum Gasteiger partial charge on any atom is 0.246 e. The minimum absolute atomic E-state index is 0.0889. The first-order valence-corrected chi connectivity index (χ1v) is 12.5. The number of anilines is 1. The van der Waals surface area contributed by atoms with Gasteiger partial charge in [0.15, 0.2) is 0 Å². The highest BCUT2D eigenvalue weighted by atomic mass is 32.2. The van der Waals surface area contributed by atoms with Crippen LogP contribution < -0.4 is 10.2 Å². The van der Waals surface area contributed by atoms with Gasteiger partial charge >= 0.3 is 0 Å². The molecule has 2 heterocycles. The van der Waals surface area contributed by atoms with Crippen LogP contribution in [0.4, 0.5) is 5.69 Å². The van der Waals surface area contributed by atoms with Crippen molar-refractivity contribution in [3.8, 4) is 0 Å². The fourth-order valence-corrected chi connectivity index (χ4v) is 5.95. The van der Waals surface area contributed by atoms with Crippen LogP contribution >= 0.6 is 0 Å². The van der Waals surface area contributed by atoms with Crippen molar-refractivity contribution >= 4 is 27.5 Å². The van der Waals surface area contributed by atoms with E-state index in [1.165, 1.54) is 4.31 Å². The molecule has 0 aliphatic carbocycles. The van der Waals surface area contributed by atoms with Crippen molar-refractivity contribution in [1.82, 2.24) is 9.62 Å². The summed E-state index contributed by atoms with van der Waals surface area (Å²) < 4.78 is 27.4. The molecule has 170 valence electrons. The van der Waals surface area contributed by atoms with Gasteiger partial charge in [-0.3, -0.25) is 9.59 Å². The second-order valence-corrected chi connectivity index (χ2v) is 10.4. The fourth-order valence-electron chi connectivity index (χ4n) is 4.43. The zero-order chi connectivity index (χ0) is 22.7. The Balaban J connectivity index is 1.37. The molecule has 2 aromatic carbocycles. The standard InChI is InChI=1S/C24H29N3O4S/c1-18-10-12-21(13-11-18)32(30,31)26-14-4-8-20(17-26)24(29)25-16-23(28)27-15-5-7-19-6-2-3-9-22(19)27/h2-3,6,9-13,20H,4-5,7-8,14-17H2,1H3,(H,25,29). The number of rotatable bonds is 5. The quantitative estimate of drug-likeness (QED) is 0.751. The van der Waals surface area contributed by atoms with Crippen LogP contribution in [0.2, 0.25) is 0 Å². The predicted octanol–water partition coefficient (Wildman–Crippen LogP) is 2.49. The number of benzene rings is 2. The number of nitrogens with one attached hydrogen (secondary N) is 1. The largest absolute Gasteiger partial charge is 0.347 e. The Labute approximate surface area is 189 Å². The molecule has 32 heavy (non-hydrogen) atoms. The Morgan fingerprint density at radius 3 is 2.56 bits per heavy atom. The minimum Gasteiger partial charge on any atom is -0.347 e. The second kappa shape index (κ2) is 9.42. The maximum absolute atomic E-state index is 13.0. The number of sulfonamides is 1. The molecule has 7 nitrogen and oxygen atoms in total. The number of amides is 2. The van der Waals surface area contributed by atoms with Gasteiger partial charge in [-0.25, -0.2) is 8.42 Å². The van der Waals surface area contributed by atoms with E-state index in [4.69, 9.17) is 0 Å². The predicted molar refractivity (Wildman–Crippen MR) is 123 cm³/mol. The Morgan fingerprint density at radius 2 is 1.78 bits per heavy atom. The number of hydrogen-bond donors (Lipinski definition) is 1. The molecule has 1 unspecified atom stereocenters. The number of aryl methyl sites for hydroxylation is 2. The normalized spacial score (nSPS) is 19.3. The summed E-state index contributed by atoms with van der Waals surface area (Å²) in [7, 11) is -3.65. The molecule has 0 aromatic heterocycles. The van der Waals surface area contributed by atoms with Gasteiger partial charge in [-0.1, -0.05) is 35.9 Å². The van der Waals surface area contributed by atoms with E-state index in [0.717, 1.165) is 29.7 Å². The van der Waals surface area contributed by atoms with Crippen LogP contribution in [0, 0.1) is 12.8 Å². The summed E-state index contributed by atoms with van der Waals surface area (Å²) in [6.45, 7) is 2.97. The van der Waals surface area contributed by atoms with Crippen molar-refractivity contribution < 1.29 is 18.0 Å². The van der Waals surface area contributed by atoms with Crippen LogP contribution in [-0.4, -0.2) is 50.7 Å². The van der Waals surface area contributed by atoms with Gasteiger partial charge in [0, 0.05) is 25.3 Å². The molecule has 0 radical (unpaired) electrons. The number of piperidine rings is 1. The lowest BCUT2D eigenvalue weighted by atomic mass is 9.99. The number of nitrogens with zero attached hydrogens (tertiary/aromatic N) is 2. The lowest BCUT2D eigenvalue weighted by molar-refractivity contribution is -0.128. The number of carbonyl (C=O) groups is 2. The lowest BCUT2D eigenvalue weighted by Gasteiger charge is -2.32. The van der Waals surface area contributed by atoms with Crippen LogP contribution in [0.3, 0.4) is 0 Å². The van der Waals surface area contributed by atoms with E-state index < -0.39 is 15.9 Å². The molecule has 2 aromatic rings. The van der Waals surface area contributed by atoms with Gasteiger partial charge in [-0.2, -0.15) is 4.31 Å². The van der Waals surface area contributed by atoms with Crippen molar-refractivity contribution in [2.45, 2.75) is 37.5 Å². The van der Waals surface area contributed by atoms with Crippen LogP contribution in [0.1, 0.15) is 30.4 Å². The van der Waals surface area contributed by atoms with E-state index in [1.807, 2.05) is 31.2 Å². The molecule has 4 rings (SSSR count). The van der Waals surface area contributed by atoms with Crippen molar-refractivity contribution in [2.24, 2.45) is 5.92 Å². The first-order valence-electron chi connectivity index (χ1n) is 11.1. The van der Waals surface area contributed by atoms with Gasteiger partial charge in [-0.15, -0.1) is 0 Å². The molecule has 1 atom stereocenters. The SMILES string of the molecule is Cc1ccc(S(=O)(=O)N2CCCC(C(=O)NCC(=O)N3CCCc4ccccc43)C2)cc1. The molecule has 0 saturated carbocycles. The Bertz CT molecular complexity index is 1100. The molecule has 1 saturated heterocycles. The third-order valence-corrected chi connectivity index (χ3v) is 8.12. The average Bonchev–Trinajstić information content (AvgIpc) is 2.82. The van der Waals surface area contributed by atoms with Crippen LogP contribution in [0.5, 0.6) is 0 Å². The highest BCUT2D eigenvalue weighted by molar-refractivity contribution is 7.89. The van der Waals surface area contributed by atoms with Crippen LogP contribution in [0.25, 0.3) is 0 Å². The van der Waals surface area contributed by atoms with E-state index in [1.54, 1.807) is 29.2 Å². The lowest BCUT2D eigenvalue weighted by Crippen LogP contribution is -2.48. The Hall–Kier alpha value is -2.71. The highest BCUT2D eigenvalue weighted by Crippen LogP contribution is 2.27. The van der Waals surface area contributed by atoms with Crippen LogP contribution in [-0.2, 0) is 26.0 Å². The average molecular weight is 456 g/mol. The third kappa shape index (κ3) is 4.71. The van der Waals surface area contributed by atoms with E-state index in [0.29, 0.717) is 25.9 Å². The highest BCUT2D eigenvalue weighted by Gasteiger charge is 2.33. The molecular weight excluding hydrogens is 426 g/mol. The van der Waals surface area contributed by atoms with E-state index in [-0.39, 0.29) is 29.8 Å². The summed E-state index contributed by atoms with van der Waals surface area (Å²) in [6, 6.07) is 14.6. The number of carbonyl (C=O) groups excluding carboxylic acids is 2. The molecule has 1 N–H and O–H groups in total. The third-order valence-electron chi connectivity index (χ3n) is 6.24. The molecule has 1 fully saturated rings. The Morgan fingerprint density at radius 1 is 1.03 bits per heavy atom.